The van der Waals surface area contributed by atoms with Crippen LogP contribution in [0, 0.1) is 11.6 Å². The van der Waals surface area contributed by atoms with E-state index in [1.807, 2.05) is 0 Å². The zero-order valence-corrected chi connectivity index (χ0v) is 12.9. The lowest BCUT2D eigenvalue weighted by Crippen LogP contribution is -2.39. The number of nitrogens with zero attached hydrogens (tertiary/aromatic N) is 2. The molecule has 1 aliphatic heterocycles. The monoisotopic (exact) mass is 297 g/mol. The SMILES string of the molecule is CC1CN(C)CCCN1CCC(N)c1cccc(F)c1F. The molecular formula is C16H25F2N3. The first-order valence-electron chi connectivity index (χ1n) is 7.61. The molecule has 0 aromatic heterocycles. The van der Waals surface area contributed by atoms with Crippen LogP contribution in [0.1, 0.15) is 31.4 Å². The molecule has 1 aromatic carbocycles. The highest BCUT2D eigenvalue weighted by atomic mass is 19.2. The average molecular weight is 297 g/mol. The van der Waals surface area contributed by atoms with Crippen LogP contribution < -0.4 is 5.73 Å². The summed E-state index contributed by atoms with van der Waals surface area (Å²) in [7, 11) is 2.13. The summed E-state index contributed by atoms with van der Waals surface area (Å²) in [5.41, 5.74) is 6.32. The number of benzene rings is 1. The summed E-state index contributed by atoms with van der Waals surface area (Å²) >= 11 is 0. The third-order valence-electron chi connectivity index (χ3n) is 4.29. The Labute approximate surface area is 125 Å². The van der Waals surface area contributed by atoms with Crippen LogP contribution in [0.2, 0.25) is 0 Å². The maximum absolute atomic E-state index is 13.7. The summed E-state index contributed by atoms with van der Waals surface area (Å²) in [6.45, 7) is 6.18. The van der Waals surface area contributed by atoms with Gasteiger partial charge < -0.3 is 10.6 Å². The molecular weight excluding hydrogens is 272 g/mol. The van der Waals surface area contributed by atoms with Gasteiger partial charge in [-0.25, -0.2) is 8.78 Å². The highest BCUT2D eigenvalue weighted by Gasteiger charge is 2.21. The quantitative estimate of drug-likeness (QED) is 0.926. The van der Waals surface area contributed by atoms with Crippen molar-refractivity contribution in [3.8, 4) is 0 Å². The van der Waals surface area contributed by atoms with Gasteiger partial charge in [-0.2, -0.15) is 0 Å². The number of rotatable bonds is 4. The first-order chi connectivity index (χ1) is 9.99. The number of nitrogens with two attached hydrogens (primary N) is 1. The van der Waals surface area contributed by atoms with Gasteiger partial charge in [0, 0.05) is 30.7 Å². The predicted octanol–water partition coefficient (Wildman–Crippen LogP) is 2.38. The smallest absolute Gasteiger partial charge is 0.163 e. The average Bonchev–Trinajstić information content (AvgIpc) is 2.60. The van der Waals surface area contributed by atoms with Crippen LogP contribution in [0.4, 0.5) is 8.78 Å². The maximum Gasteiger partial charge on any atom is 0.163 e. The molecule has 0 radical (unpaired) electrons. The molecule has 1 aromatic rings. The minimum absolute atomic E-state index is 0.273. The lowest BCUT2D eigenvalue weighted by atomic mass is 10.0. The minimum Gasteiger partial charge on any atom is -0.324 e. The molecule has 0 aliphatic carbocycles. The molecule has 3 nitrogen and oxygen atoms in total. The fraction of sp³-hybridized carbons (Fsp3) is 0.625. The first-order valence-corrected chi connectivity index (χ1v) is 7.61. The van der Waals surface area contributed by atoms with Crippen LogP contribution in [0.15, 0.2) is 18.2 Å². The Hall–Kier alpha value is -1.04. The zero-order valence-electron chi connectivity index (χ0n) is 12.9. The molecule has 1 fully saturated rings. The van der Waals surface area contributed by atoms with Crippen LogP contribution >= 0.6 is 0 Å². The van der Waals surface area contributed by atoms with Gasteiger partial charge >= 0.3 is 0 Å². The third-order valence-corrected chi connectivity index (χ3v) is 4.29. The molecule has 2 N–H and O–H groups in total. The van der Waals surface area contributed by atoms with Gasteiger partial charge in [-0.05, 0) is 46.0 Å². The van der Waals surface area contributed by atoms with E-state index in [9.17, 15) is 8.78 Å². The molecule has 118 valence electrons. The molecule has 1 aliphatic rings. The molecule has 5 heteroatoms. The van der Waals surface area contributed by atoms with Crippen LogP contribution in [0.3, 0.4) is 0 Å². The van der Waals surface area contributed by atoms with E-state index in [1.54, 1.807) is 6.07 Å². The molecule has 0 amide bonds. The first kappa shape index (κ1) is 16.3. The van der Waals surface area contributed by atoms with Crippen LogP contribution in [0.25, 0.3) is 0 Å². The normalized spacial score (nSPS) is 23.0. The van der Waals surface area contributed by atoms with Gasteiger partial charge in [0.15, 0.2) is 11.6 Å². The van der Waals surface area contributed by atoms with E-state index in [0.717, 1.165) is 38.7 Å². The molecule has 1 saturated heterocycles. The molecule has 0 saturated carbocycles. The van der Waals surface area contributed by atoms with Gasteiger partial charge in [0.05, 0.1) is 0 Å². The topological polar surface area (TPSA) is 32.5 Å². The molecule has 2 atom stereocenters. The summed E-state index contributed by atoms with van der Waals surface area (Å²) in [5.74, 6) is -1.64. The van der Waals surface area contributed by atoms with Crippen molar-refractivity contribution in [2.75, 3.05) is 33.2 Å². The van der Waals surface area contributed by atoms with E-state index >= 15 is 0 Å². The Morgan fingerprint density at radius 1 is 1.33 bits per heavy atom. The predicted molar refractivity (Wildman–Crippen MR) is 81.1 cm³/mol. The van der Waals surface area contributed by atoms with E-state index in [0.29, 0.717) is 12.5 Å². The second kappa shape index (κ2) is 7.29. The molecule has 1 heterocycles. The lowest BCUT2D eigenvalue weighted by molar-refractivity contribution is 0.196. The van der Waals surface area contributed by atoms with Gasteiger partial charge in [-0.1, -0.05) is 12.1 Å². The van der Waals surface area contributed by atoms with Crippen molar-refractivity contribution in [3.05, 3.63) is 35.4 Å². The summed E-state index contributed by atoms with van der Waals surface area (Å²) in [6.07, 6.45) is 1.76. The summed E-state index contributed by atoms with van der Waals surface area (Å²) < 4.78 is 27.0. The van der Waals surface area contributed by atoms with E-state index in [4.69, 9.17) is 5.73 Å². The Bertz CT molecular complexity index is 467. The Kier molecular flexibility index (Phi) is 5.67. The fourth-order valence-corrected chi connectivity index (χ4v) is 3.02. The minimum atomic E-state index is -0.826. The van der Waals surface area contributed by atoms with Gasteiger partial charge in [-0.15, -0.1) is 0 Å². The Morgan fingerprint density at radius 2 is 2.10 bits per heavy atom. The summed E-state index contributed by atoms with van der Waals surface area (Å²) in [6, 6.07) is 4.20. The third kappa shape index (κ3) is 4.22. The number of likely N-dealkylation sites (N-methyl/N-ethyl adjacent to an activating group) is 1. The number of hydrogen-bond donors (Lipinski definition) is 1. The van der Waals surface area contributed by atoms with Crippen molar-refractivity contribution in [2.45, 2.75) is 31.8 Å². The molecule has 21 heavy (non-hydrogen) atoms. The van der Waals surface area contributed by atoms with Gasteiger partial charge in [0.25, 0.3) is 0 Å². The fourth-order valence-electron chi connectivity index (χ4n) is 3.02. The van der Waals surface area contributed by atoms with E-state index in [2.05, 4.69) is 23.8 Å². The van der Waals surface area contributed by atoms with Gasteiger partial charge in [0.2, 0.25) is 0 Å². The molecule has 2 unspecified atom stereocenters. The van der Waals surface area contributed by atoms with Crippen LogP contribution in [-0.2, 0) is 0 Å². The Balaban J connectivity index is 1.94. The van der Waals surface area contributed by atoms with Crippen molar-refractivity contribution >= 4 is 0 Å². The van der Waals surface area contributed by atoms with Gasteiger partial charge in [0.1, 0.15) is 0 Å². The maximum atomic E-state index is 13.7. The molecule has 0 bridgehead atoms. The standard InChI is InChI=1S/C16H25F2N3/c1-12-11-20(2)8-4-9-21(12)10-7-15(19)13-5-3-6-14(17)16(13)18/h3,5-6,12,15H,4,7-11,19H2,1-2H3. The van der Waals surface area contributed by atoms with Crippen molar-refractivity contribution < 1.29 is 8.78 Å². The molecule has 0 spiro atoms. The van der Waals surface area contributed by atoms with Crippen molar-refractivity contribution in [2.24, 2.45) is 5.73 Å². The lowest BCUT2D eigenvalue weighted by Gasteiger charge is -2.29. The van der Waals surface area contributed by atoms with Crippen molar-refractivity contribution in [1.29, 1.82) is 0 Å². The van der Waals surface area contributed by atoms with Crippen LogP contribution in [0.5, 0.6) is 0 Å². The second-order valence-electron chi connectivity index (χ2n) is 6.04. The highest BCUT2D eigenvalue weighted by Crippen LogP contribution is 2.21. The highest BCUT2D eigenvalue weighted by molar-refractivity contribution is 5.22. The van der Waals surface area contributed by atoms with Gasteiger partial charge in [-0.3, -0.25) is 4.90 Å². The van der Waals surface area contributed by atoms with E-state index < -0.39 is 17.7 Å². The molecule has 2 rings (SSSR count). The van der Waals surface area contributed by atoms with Crippen molar-refractivity contribution in [3.63, 3.8) is 0 Å². The van der Waals surface area contributed by atoms with Crippen molar-refractivity contribution in [1.82, 2.24) is 9.80 Å². The zero-order chi connectivity index (χ0) is 15.4. The number of halogens is 2. The second-order valence-corrected chi connectivity index (χ2v) is 6.04. The Morgan fingerprint density at radius 3 is 2.86 bits per heavy atom. The largest absolute Gasteiger partial charge is 0.324 e. The summed E-state index contributed by atoms with van der Waals surface area (Å²) in [4.78, 5) is 4.72. The van der Waals surface area contributed by atoms with Crippen LogP contribution in [-0.4, -0.2) is 49.1 Å². The summed E-state index contributed by atoms with van der Waals surface area (Å²) in [5, 5.41) is 0. The van der Waals surface area contributed by atoms with E-state index in [-0.39, 0.29) is 5.56 Å². The number of hydrogen-bond acceptors (Lipinski definition) is 3. The van der Waals surface area contributed by atoms with E-state index in [1.165, 1.54) is 6.07 Å².